The van der Waals surface area contributed by atoms with Gasteiger partial charge >= 0.3 is 5.76 Å². The molecule has 8 heteroatoms. The van der Waals surface area contributed by atoms with Gasteiger partial charge < -0.3 is 19.8 Å². The van der Waals surface area contributed by atoms with E-state index in [4.69, 9.17) is 9.15 Å². The number of aromatic nitrogens is 1. The third kappa shape index (κ3) is 4.25. The molecule has 1 saturated heterocycles. The molecule has 0 saturated carbocycles. The van der Waals surface area contributed by atoms with Crippen molar-refractivity contribution in [1.29, 1.82) is 5.26 Å². The van der Waals surface area contributed by atoms with Gasteiger partial charge in [0.05, 0.1) is 11.6 Å². The third-order valence-corrected chi connectivity index (χ3v) is 6.82. The van der Waals surface area contributed by atoms with Crippen molar-refractivity contribution in [3.05, 3.63) is 57.6 Å². The number of ether oxygens (including phenoxy) is 1. The van der Waals surface area contributed by atoms with Crippen LogP contribution in [0, 0.1) is 11.3 Å². The van der Waals surface area contributed by atoms with Crippen LogP contribution < -0.4 is 16.4 Å². The Kier molecular flexibility index (Phi) is 6.22. The minimum Gasteiger partial charge on any atom is -0.408 e. The minimum absolute atomic E-state index is 0.242. The van der Waals surface area contributed by atoms with Crippen LogP contribution in [0.3, 0.4) is 0 Å². The van der Waals surface area contributed by atoms with E-state index < -0.39 is 12.1 Å². The summed E-state index contributed by atoms with van der Waals surface area (Å²) in [5, 5.41) is 15.8. The van der Waals surface area contributed by atoms with Gasteiger partial charge in [-0.25, -0.2) is 4.79 Å². The lowest BCUT2D eigenvalue weighted by atomic mass is 9.91. The second-order valence-corrected chi connectivity index (χ2v) is 9.00. The molecule has 2 aromatic carbocycles. The molecule has 1 amide bonds. The quantitative estimate of drug-likeness (QED) is 0.604. The maximum absolute atomic E-state index is 12.7. The molecule has 2 heterocycles. The zero-order valence-corrected chi connectivity index (χ0v) is 19.2. The van der Waals surface area contributed by atoms with E-state index >= 15 is 0 Å². The lowest BCUT2D eigenvalue weighted by molar-refractivity contribution is -0.132. The van der Waals surface area contributed by atoms with E-state index in [9.17, 15) is 14.9 Å². The highest BCUT2D eigenvalue weighted by atomic mass is 16.5. The summed E-state index contributed by atoms with van der Waals surface area (Å²) in [6.07, 6.45) is 3.73. The second kappa shape index (κ2) is 9.45. The number of fused-ring (bicyclic) bond motifs is 2. The van der Waals surface area contributed by atoms with Crippen LogP contribution in [-0.2, 0) is 35.8 Å². The maximum Gasteiger partial charge on any atom is 0.419 e. The Bertz CT molecular complexity index is 1330. The fourth-order valence-corrected chi connectivity index (χ4v) is 5.03. The smallest absolute Gasteiger partial charge is 0.408 e. The molecule has 1 fully saturated rings. The molecule has 8 nitrogen and oxygen atoms in total. The van der Waals surface area contributed by atoms with Gasteiger partial charge in [-0.15, -0.1) is 0 Å². The molecule has 1 aliphatic carbocycles. The predicted octanol–water partition coefficient (Wildman–Crippen LogP) is 2.22. The van der Waals surface area contributed by atoms with Gasteiger partial charge in [-0.3, -0.25) is 9.36 Å². The molecule has 3 aromatic rings. The Balaban J connectivity index is 1.39. The number of aryl methyl sites for hydroxylation is 1. The number of hydrogen-bond donors (Lipinski definition) is 2. The van der Waals surface area contributed by atoms with Crippen LogP contribution >= 0.6 is 0 Å². The van der Waals surface area contributed by atoms with Gasteiger partial charge in [0.2, 0.25) is 0 Å². The van der Waals surface area contributed by atoms with E-state index in [0.717, 1.165) is 54.4 Å². The van der Waals surface area contributed by atoms with E-state index in [1.165, 1.54) is 15.7 Å². The first kappa shape index (κ1) is 22.4. The number of rotatable bonds is 5. The van der Waals surface area contributed by atoms with Crippen LogP contribution in [0.4, 0.5) is 0 Å². The predicted molar refractivity (Wildman–Crippen MR) is 127 cm³/mol. The van der Waals surface area contributed by atoms with Crippen molar-refractivity contribution in [2.75, 3.05) is 19.7 Å². The summed E-state index contributed by atoms with van der Waals surface area (Å²) >= 11 is 0. The van der Waals surface area contributed by atoms with Crippen LogP contribution in [0.5, 0.6) is 0 Å². The number of nitrogens with one attached hydrogen (secondary N) is 2. The van der Waals surface area contributed by atoms with Crippen molar-refractivity contribution in [3.8, 4) is 17.2 Å². The highest BCUT2D eigenvalue weighted by molar-refractivity contribution is 5.83. The first-order chi connectivity index (χ1) is 16.5. The monoisotopic (exact) mass is 460 g/mol. The van der Waals surface area contributed by atoms with Gasteiger partial charge in [0.15, 0.2) is 5.58 Å². The minimum atomic E-state index is -0.619. The van der Waals surface area contributed by atoms with E-state index in [1.54, 1.807) is 7.05 Å². The zero-order valence-electron chi connectivity index (χ0n) is 19.2. The molecule has 0 unspecified atom stereocenters. The van der Waals surface area contributed by atoms with E-state index in [-0.39, 0.29) is 11.7 Å². The molecule has 1 aliphatic heterocycles. The van der Waals surface area contributed by atoms with Crippen LogP contribution in [0.1, 0.15) is 29.5 Å². The number of hydrogen-bond acceptors (Lipinski definition) is 6. The topological polar surface area (TPSA) is 109 Å². The van der Waals surface area contributed by atoms with Crippen molar-refractivity contribution in [3.63, 3.8) is 0 Å². The molecular weight excluding hydrogens is 432 g/mol. The summed E-state index contributed by atoms with van der Waals surface area (Å²) in [7, 11) is 1.71. The van der Waals surface area contributed by atoms with Crippen LogP contribution in [0.25, 0.3) is 22.2 Å². The van der Waals surface area contributed by atoms with E-state index in [1.807, 2.05) is 18.2 Å². The summed E-state index contributed by atoms with van der Waals surface area (Å²) in [5.41, 5.74) is 7.16. The molecule has 0 spiro atoms. The SMILES string of the molecule is Cn1c(=O)oc2ccc(-c3ccc(C[C@@H](C#N)NC(=O)[C@@H]4CNCCCO4)c4c3CCC4)cc21. The number of benzene rings is 2. The summed E-state index contributed by atoms with van der Waals surface area (Å²) < 4.78 is 12.4. The lowest BCUT2D eigenvalue weighted by Crippen LogP contribution is -2.46. The highest BCUT2D eigenvalue weighted by Gasteiger charge is 2.26. The van der Waals surface area contributed by atoms with E-state index in [0.29, 0.717) is 25.2 Å². The van der Waals surface area contributed by atoms with Crippen molar-refractivity contribution < 1.29 is 13.9 Å². The molecule has 2 atom stereocenters. The Morgan fingerprint density at radius 2 is 2.12 bits per heavy atom. The van der Waals surface area contributed by atoms with Gasteiger partial charge in [0.1, 0.15) is 12.1 Å². The van der Waals surface area contributed by atoms with Gasteiger partial charge in [-0.1, -0.05) is 18.2 Å². The number of amides is 1. The van der Waals surface area contributed by atoms with Crippen molar-refractivity contribution in [2.24, 2.45) is 7.05 Å². The largest absolute Gasteiger partial charge is 0.419 e. The fourth-order valence-electron chi connectivity index (χ4n) is 5.03. The summed E-state index contributed by atoms with van der Waals surface area (Å²) in [6.45, 7) is 1.82. The molecule has 1 aromatic heterocycles. The number of carbonyl (C=O) groups excluding carboxylic acids is 1. The van der Waals surface area contributed by atoms with Gasteiger partial charge in [-0.2, -0.15) is 5.26 Å². The van der Waals surface area contributed by atoms with Gasteiger partial charge in [0, 0.05) is 26.6 Å². The van der Waals surface area contributed by atoms with Crippen molar-refractivity contribution in [2.45, 2.75) is 44.2 Å². The second-order valence-electron chi connectivity index (χ2n) is 9.00. The molecule has 5 rings (SSSR count). The standard InChI is InChI=1S/C26H28N4O4/c1-30-22-13-17(7-9-23(22)34-26(30)32)20-8-6-16(19-4-2-5-21(19)20)12-18(14-27)29-25(31)24-15-28-10-3-11-33-24/h6-9,13,18,24,28H,2-5,10-12,15H2,1H3,(H,29,31)/t18-,24-/m0/s1. The summed E-state index contributed by atoms with van der Waals surface area (Å²) in [5.74, 6) is -0.615. The highest BCUT2D eigenvalue weighted by Crippen LogP contribution is 2.36. The molecule has 176 valence electrons. The Hall–Kier alpha value is -3.41. The molecular formula is C26H28N4O4. The fraction of sp³-hybridized carbons (Fsp3) is 0.423. The lowest BCUT2D eigenvalue weighted by Gasteiger charge is -2.19. The Morgan fingerprint density at radius 3 is 2.97 bits per heavy atom. The van der Waals surface area contributed by atoms with Crippen LogP contribution in [0.15, 0.2) is 39.5 Å². The number of nitriles is 1. The molecule has 2 N–H and O–H groups in total. The first-order valence-electron chi connectivity index (χ1n) is 11.8. The van der Waals surface area contributed by atoms with Gasteiger partial charge in [0.25, 0.3) is 5.91 Å². The van der Waals surface area contributed by atoms with Crippen molar-refractivity contribution >= 4 is 17.0 Å². The maximum atomic E-state index is 12.7. The molecule has 0 radical (unpaired) electrons. The average molecular weight is 461 g/mol. The average Bonchev–Trinajstić information content (AvgIpc) is 3.32. The Labute approximate surface area is 197 Å². The number of oxazole rings is 1. The third-order valence-electron chi connectivity index (χ3n) is 6.82. The molecule has 0 bridgehead atoms. The number of nitrogens with zero attached hydrogens (tertiary/aromatic N) is 2. The van der Waals surface area contributed by atoms with Crippen LogP contribution in [-0.4, -0.2) is 42.3 Å². The molecule has 2 aliphatic rings. The zero-order chi connectivity index (χ0) is 23.7. The van der Waals surface area contributed by atoms with Gasteiger partial charge in [-0.05, 0) is 72.2 Å². The van der Waals surface area contributed by atoms with E-state index in [2.05, 4.69) is 28.8 Å². The molecule has 34 heavy (non-hydrogen) atoms. The Morgan fingerprint density at radius 1 is 1.26 bits per heavy atom. The first-order valence-corrected chi connectivity index (χ1v) is 11.8. The normalized spacial score (nSPS) is 18.8. The number of carbonyl (C=O) groups is 1. The van der Waals surface area contributed by atoms with Crippen LogP contribution in [0.2, 0.25) is 0 Å². The van der Waals surface area contributed by atoms with Crippen molar-refractivity contribution in [1.82, 2.24) is 15.2 Å². The summed E-state index contributed by atoms with van der Waals surface area (Å²) in [4.78, 5) is 24.5. The summed E-state index contributed by atoms with van der Waals surface area (Å²) in [6, 6.07) is 11.6.